The third-order valence-corrected chi connectivity index (χ3v) is 12.5. The van der Waals surface area contributed by atoms with E-state index >= 15 is 0 Å². The van der Waals surface area contributed by atoms with Gasteiger partial charge >= 0.3 is 147 Å². The van der Waals surface area contributed by atoms with Crippen molar-refractivity contribution in [2.75, 3.05) is 6.61 Å². The molecular formula is C12H15F3I2N2O3. The molecule has 2 aliphatic carbocycles. The molecule has 10 heteroatoms. The van der Waals surface area contributed by atoms with Crippen molar-refractivity contribution in [2.45, 2.75) is 38.6 Å². The Morgan fingerprint density at radius 1 is 1.45 bits per heavy atom. The number of halogens is 5. The molecule has 4 fully saturated rings. The molecule has 0 amide bonds. The Balaban J connectivity index is 1.38. The van der Waals surface area contributed by atoms with E-state index in [0.29, 0.717) is 12.8 Å². The Labute approximate surface area is 146 Å². The Bertz CT molecular complexity index is 528. The van der Waals surface area contributed by atoms with Crippen molar-refractivity contribution in [3.63, 3.8) is 0 Å². The van der Waals surface area contributed by atoms with E-state index in [1.54, 1.807) is 0 Å². The summed E-state index contributed by atoms with van der Waals surface area (Å²) in [6.07, 6.45) is -3.86. The van der Waals surface area contributed by atoms with Crippen LogP contribution in [0.2, 0.25) is 0 Å². The first kappa shape index (κ1) is 16.1. The molecule has 2 saturated carbocycles. The van der Waals surface area contributed by atoms with Crippen LogP contribution in [0.25, 0.3) is 0 Å². The van der Waals surface area contributed by atoms with Crippen LogP contribution >= 0.6 is 43.0 Å². The van der Waals surface area contributed by atoms with Crippen molar-refractivity contribution in [2.24, 2.45) is 17.8 Å². The molecule has 5 unspecified atom stereocenters. The average molecular weight is 546 g/mol. The summed E-state index contributed by atoms with van der Waals surface area (Å²) in [4.78, 5) is 12.0. The van der Waals surface area contributed by atoms with Gasteiger partial charge in [0.2, 0.25) is 0 Å². The van der Waals surface area contributed by atoms with Crippen LogP contribution in [0.5, 0.6) is 0 Å². The molecule has 0 aromatic rings. The fraction of sp³-hybridized carbons (Fsp3) is 0.917. The van der Waals surface area contributed by atoms with Crippen molar-refractivity contribution in [1.29, 1.82) is 0 Å². The Morgan fingerprint density at radius 3 is 2.59 bits per heavy atom. The average Bonchev–Trinajstić information content (AvgIpc) is 3.22. The van der Waals surface area contributed by atoms with Crippen molar-refractivity contribution in [3.05, 3.63) is 0 Å². The van der Waals surface area contributed by atoms with Gasteiger partial charge in [0.25, 0.3) is 0 Å². The van der Waals surface area contributed by atoms with Crippen LogP contribution in [0.1, 0.15) is 19.3 Å². The number of carbonyl (C=O) groups is 1. The number of ether oxygens (including phenoxy) is 1. The van der Waals surface area contributed by atoms with Crippen LogP contribution in [0.4, 0.5) is 13.2 Å². The SMILES string of the molecule is O=C(OCC1C2CCC1C(O)(C(F)(F)F)C2)C(I)C12NI1N2. The third kappa shape index (κ3) is 2.15. The van der Waals surface area contributed by atoms with Gasteiger partial charge in [0.15, 0.2) is 0 Å². The van der Waals surface area contributed by atoms with Gasteiger partial charge in [0.1, 0.15) is 0 Å². The summed E-state index contributed by atoms with van der Waals surface area (Å²) < 4.78 is 50.5. The number of nitrogens with one attached hydrogen (secondary N) is 2. The number of alkyl halides is 5. The molecule has 0 aromatic heterocycles. The molecule has 5 atom stereocenters. The molecule has 2 bridgehead atoms. The van der Waals surface area contributed by atoms with E-state index in [0.717, 1.165) is 0 Å². The topological polar surface area (TPSA) is 90.4 Å². The van der Waals surface area contributed by atoms with Crippen LogP contribution in [-0.2, 0) is 9.53 Å². The summed E-state index contributed by atoms with van der Waals surface area (Å²) in [6.45, 7) is -0.0175. The zero-order chi connectivity index (χ0) is 15.9. The zero-order valence-electron chi connectivity index (χ0n) is 11.3. The van der Waals surface area contributed by atoms with Crippen molar-refractivity contribution in [1.82, 2.24) is 7.06 Å². The number of hydrogen-bond donors (Lipinski definition) is 3. The van der Waals surface area contributed by atoms with Gasteiger partial charge in [0, 0.05) is 0 Å². The summed E-state index contributed by atoms with van der Waals surface area (Å²) >= 11 is 0.784. The maximum absolute atomic E-state index is 13.1. The molecule has 4 rings (SSSR count). The number of rotatable bonds is 4. The van der Waals surface area contributed by atoms with Crippen molar-refractivity contribution >= 4 is 48.9 Å². The van der Waals surface area contributed by atoms with E-state index in [1.807, 2.05) is 22.6 Å². The molecule has 2 saturated heterocycles. The van der Waals surface area contributed by atoms with Gasteiger partial charge in [-0.25, -0.2) is 0 Å². The van der Waals surface area contributed by atoms with Gasteiger partial charge in [-0.05, 0) is 0 Å². The fourth-order valence-electron chi connectivity index (χ4n) is 3.97. The molecule has 22 heavy (non-hydrogen) atoms. The summed E-state index contributed by atoms with van der Waals surface area (Å²) in [5.41, 5.74) is -2.61. The second kappa shape index (κ2) is 4.82. The Kier molecular flexibility index (Phi) is 3.53. The summed E-state index contributed by atoms with van der Waals surface area (Å²) in [7, 11) is 0. The summed E-state index contributed by atoms with van der Waals surface area (Å²) in [6, 6.07) is 0. The number of aliphatic hydroxyl groups is 1. The van der Waals surface area contributed by atoms with Gasteiger partial charge in [-0.3, -0.25) is 0 Å². The number of hydrogen-bond acceptors (Lipinski definition) is 5. The van der Waals surface area contributed by atoms with E-state index in [1.165, 1.54) is 0 Å². The molecule has 5 nitrogen and oxygen atoms in total. The maximum atomic E-state index is 13.1. The number of fused-ring (bicyclic) bond motifs is 3. The van der Waals surface area contributed by atoms with Gasteiger partial charge in [-0.2, -0.15) is 0 Å². The molecule has 0 radical (unpaired) electrons. The molecule has 2 aliphatic heterocycles. The van der Waals surface area contributed by atoms with Crippen LogP contribution < -0.4 is 7.06 Å². The predicted octanol–water partition coefficient (Wildman–Crippen LogP) is 1.87. The van der Waals surface area contributed by atoms with Crippen LogP contribution in [0, 0.1) is 17.8 Å². The van der Waals surface area contributed by atoms with E-state index in [2.05, 4.69) is 7.06 Å². The van der Waals surface area contributed by atoms with E-state index < -0.39 is 38.1 Å². The normalized spacial score (nSPS) is 43.7. The van der Waals surface area contributed by atoms with Crippen LogP contribution in [-0.4, -0.2) is 37.1 Å². The van der Waals surface area contributed by atoms with Crippen molar-refractivity contribution < 1.29 is 27.8 Å². The molecule has 0 aromatic carbocycles. The van der Waals surface area contributed by atoms with Gasteiger partial charge in [-0.1, -0.05) is 0 Å². The standard InChI is InChI=1S/C12H15F3I2N2O3/c13-12(14,15)10(21)3-5-1-2-7(10)6(5)4-22-9(20)8(16)11-17(18-11)19-11/h5-8,18-19,21H,1-4H2. The first-order valence-electron chi connectivity index (χ1n) is 7.04. The molecule has 3 N–H and O–H groups in total. The first-order chi connectivity index (χ1) is 10.2. The number of esters is 1. The minimum atomic E-state index is -4.62. The van der Waals surface area contributed by atoms with Crippen LogP contribution in [0.15, 0.2) is 0 Å². The number of carbonyl (C=O) groups excluding carboxylic acids is 1. The molecule has 126 valence electrons. The second-order valence-corrected chi connectivity index (χ2v) is 12.1. The first-order valence-corrected chi connectivity index (χ1v) is 11.5. The van der Waals surface area contributed by atoms with E-state index in [-0.39, 0.29) is 38.4 Å². The fourth-order valence-corrected chi connectivity index (χ4v) is 11.4. The van der Waals surface area contributed by atoms with Gasteiger partial charge < -0.3 is 0 Å². The van der Waals surface area contributed by atoms with Crippen LogP contribution in [0.3, 0.4) is 0 Å². The van der Waals surface area contributed by atoms with Gasteiger partial charge in [0.05, 0.1) is 0 Å². The van der Waals surface area contributed by atoms with Crippen molar-refractivity contribution in [3.8, 4) is 0 Å². The Hall–Kier alpha value is 0.600. The zero-order valence-corrected chi connectivity index (χ0v) is 15.6. The molecule has 2 heterocycles. The summed E-state index contributed by atoms with van der Waals surface area (Å²) in [5.74, 6) is -1.82. The second-order valence-electron chi connectivity index (χ2n) is 6.41. The predicted molar refractivity (Wildman–Crippen MR) is 87.1 cm³/mol. The monoisotopic (exact) mass is 546 g/mol. The molecule has 4 aliphatic rings. The molecular weight excluding hydrogens is 531 g/mol. The molecule has 0 spiro atoms. The van der Waals surface area contributed by atoms with Gasteiger partial charge in [-0.15, -0.1) is 0 Å². The third-order valence-electron chi connectivity index (χ3n) is 5.31. The van der Waals surface area contributed by atoms with E-state index in [9.17, 15) is 23.1 Å². The quantitative estimate of drug-likeness (QED) is 0.125. The summed E-state index contributed by atoms with van der Waals surface area (Å²) in [5, 5.41) is 10.0. The van der Waals surface area contributed by atoms with E-state index in [4.69, 9.17) is 4.74 Å². The Morgan fingerprint density at radius 2 is 2.09 bits per heavy atom. The minimum absolute atomic E-state index is 0.0175.